The maximum Gasteiger partial charge on any atom is 0.282 e. The van der Waals surface area contributed by atoms with Crippen LogP contribution in [-0.4, -0.2) is 21.8 Å². The van der Waals surface area contributed by atoms with Crippen LogP contribution in [0.3, 0.4) is 0 Å². The number of nitrogens with one attached hydrogen (secondary N) is 2. The summed E-state index contributed by atoms with van der Waals surface area (Å²) in [5, 5.41) is 20.2. The fraction of sp³-hybridized carbons (Fsp3) is 0.0667. The van der Waals surface area contributed by atoms with Crippen LogP contribution in [0.5, 0.6) is 5.75 Å². The number of para-hydroxylation sites is 1. The first-order valence-electron chi connectivity index (χ1n) is 6.58. The molecule has 2 aromatic carbocycles. The van der Waals surface area contributed by atoms with Gasteiger partial charge in [-0.3, -0.25) is 30.6 Å². The molecule has 0 aromatic heterocycles. The number of nitro benzene ring substituents is 1. The molecule has 0 bridgehead atoms. The summed E-state index contributed by atoms with van der Waals surface area (Å²) >= 11 is 0. The molecular weight excluding hydrogens is 302 g/mol. The minimum absolute atomic E-state index is 0.0271. The number of phenols is 1. The second-order valence-electron chi connectivity index (χ2n) is 4.62. The highest BCUT2D eigenvalue weighted by atomic mass is 16.6. The predicted octanol–water partition coefficient (Wildman–Crippen LogP) is 1.30. The number of carbonyl (C=O) groups excluding carboxylic acids is 2. The van der Waals surface area contributed by atoms with Gasteiger partial charge in [0.2, 0.25) is 5.91 Å². The van der Waals surface area contributed by atoms with Gasteiger partial charge in [-0.15, -0.1) is 0 Å². The van der Waals surface area contributed by atoms with Gasteiger partial charge in [0.05, 0.1) is 11.3 Å². The first-order valence-corrected chi connectivity index (χ1v) is 6.58. The Bertz CT molecular complexity index is 760. The van der Waals surface area contributed by atoms with Crippen LogP contribution in [0, 0.1) is 10.1 Å². The van der Waals surface area contributed by atoms with Gasteiger partial charge in [0.1, 0.15) is 11.3 Å². The molecule has 8 heteroatoms. The fourth-order valence-electron chi connectivity index (χ4n) is 1.91. The summed E-state index contributed by atoms with van der Waals surface area (Å²) in [5.74, 6) is -1.29. The Morgan fingerprint density at radius 3 is 2.52 bits per heavy atom. The van der Waals surface area contributed by atoms with Crippen LogP contribution in [0.15, 0.2) is 48.5 Å². The van der Waals surface area contributed by atoms with Gasteiger partial charge >= 0.3 is 0 Å². The quantitative estimate of drug-likeness (QED) is 0.580. The molecule has 2 amide bonds. The number of carbonyl (C=O) groups is 2. The van der Waals surface area contributed by atoms with Gasteiger partial charge in [-0.2, -0.15) is 0 Å². The average molecular weight is 315 g/mol. The second-order valence-corrected chi connectivity index (χ2v) is 4.62. The monoisotopic (exact) mass is 315 g/mol. The lowest BCUT2D eigenvalue weighted by Crippen LogP contribution is -2.42. The lowest BCUT2D eigenvalue weighted by Gasteiger charge is -2.08. The highest BCUT2D eigenvalue weighted by Gasteiger charge is 2.19. The number of rotatable bonds is 4. The zero-order valence-corrected chi connectivity index (χ0v) is 11.9. The van der Waals surface area contributed by atoms with Crippen LogP contribution in [-0.2, 0) is 11.2 Å². The fourth-order valence-corrected chi connectivity index (χ4v) is 1.91. The Balaban J connectivity index is 1.97. The minimum Gasteiger partial charge on any atom is -0.508 e. The third-order valence-electron chi connectivity index (χ3n) is 2.94. The molecule has 0 radical (unpaired) electrons. The molecule has 0 heterocycles. The van der Waals surface area contributed by atoms with Crippen LogP contribution < -0.4 is 10.9 Å². The summed E-state index contributed by atoms with van der Waals surface area (Å²) in [4.78, 5) is 33.8. The molecule has 2 aromatic rings. The second kappa shape index (κ2) is 7.03. The Hall–Kier alpha value is -3.42. The van der Waals surface area contributed by atoms with E-state index in [1.165, 1.54) is 36.4 Å². The summed E-state index contributed by atoms with van der Waals surface area (Å²) in [7, 11) is 0. The largest absolute Gasteiger partial charge is 0.508 e. The standard InChI is InChI=1S/C15H13N3O5/c19-11-5-3-4-10(8-11)9-14(20)16-17-15(21)12-6-1-2-7-13(12)18(22)23/h1-8,19H,9H2,(H,16,20)(H,17,21). The van der Waals surface area contributed by atoms with E-state index in [1.54, 1.807) is 12.1 Å². The van der Waals surface area contributed by atoms with E-state index in [0.29, 0.717) is 5.56 Å². The number of hydrogen-bond donors (Lipinski definition) is 3. The maximum atomic E-state index is 11.9. The number of phenolic OH excluding ortho intramolecular Hbond substituents is 1. The summed E-state index contributed by atoms with van der Waals surface area (Å²) < 4.78 is 0. The predicted molar refractivity (Wildman–Crippen MR) is 80.5 cm³/mol. The molecular formula is C15H13N3O5. The number of amides is 2. The summed E-state index contributed by atoms with van der Waals surface area (Å²) in [6.45, 7) is 0. The first-order chi connectivity index (χ1) is 11.0. The molecule has 3 N–H and O–H groups in total. The van der Waals surface area contributed by atoms with Gasteiger partial charge < -0.3 is 5.11 Å². The zero-order chi connectivity index (χ0) is 16.8. The number of aromatic hydroxyl groups is 1. The van der Waals surface area contributed by atoms with Crippen molar-refractivity contribution < 1.29 is 19.6 Å². The lowest BCUT2D eigenvalue weighted by molar-refractivity contribution is -0.385. The third-order valence-corrected chi connectivity index (χ3v) is 2.94. The van der Waals surface area contributed by atoms with E-state index in [4.69, 9.17) is 0 Å². The van der Waals surface area contributed by atoms with E-state index in [0.717, 1.165) is 0 Å². The van der Waals surface area contributed by atoms with E-state index in [9.17, 15) is 24.8 Å². The maximum absolute atomic E-state index is 11.9. The van der Waals surface area contributed by atoms with E-state index in [-0.39, 0.29) is 23.4 Å². The van der Waals surface area contributed by atoms with Crippen molar-refractivity contribution in [3.8, 4) is 5.75 Å². The molecule has 0 aliphatic heterocycles. The molecule has 0 unspecified atom stereocenters. The van der Waals surface area contributed by atoms with E-state index in [1.807, 2.05) is 0 Å². The Morgan fingerprint density at radius 2 is 1.83 bits per heavy atom. The number of nitrogens with zero attached hydrogens (tertiary/aromatic N) is 1. The van der Waals surface area contributed by atoms with Crippen molar-refractivity contribution in [3.63, 3.8) is 0 Å². The molecule has 0 aliphatic rings. The number of benzene rings is 2. The van der Waals surface area contributed by atoms with Crippen molar-refractivity contribution in [2.45, 2.75) is 6.42 Å². The number of hydrazine groups is 1. The highest BCUT2D eigenvalue weighted by Crippen LogP contribution is 2.17. The number of nitro groups is 1. The topological polar surface area (TPSA) is 122 Å². The summed E-state index contributed by atoms with van der Waals surface area (Å²) in [6, 6.07) is 11.5. The van der Waals surface area contributed by atoms with Crippen molar-refractivity contribution in [3.05, 3.63) is 69.8 Å². The molecule has 0 saturated carbocycles. The van der Waals surface area contributed by atoms with Crippen molar-refractivity contribution in [2.24, 2.45) is 0 Å². The molecule has 118 valence electrons. The molecule has 0 saturated heterocycles. The molecule has 23 heavy (non-hydrogen) atoms. The van der Waals surface area contributed by atoms with Crippen molar-refractivity contribution in [1.29, 1.82) is 0 Å². The van der Waals surface area contributed by atoms with E-state index >= 15 is 0 Å². The van der Waals surface area contributed by atoms with Gasteiger partial charge in [0.25, 0.3) is 11.6 Å². The van der Waals surface area contributed by atoms with Crippen LogP contribution >= 0.6 is 0 Å². The molecule has 8 nitrogen and oxygen atoms in total. The van der Waals surface area contributed by atoms with Crippen molar-refractivity contribution in [2.75, 3.05) is 0 Å². The highest BCUT2D eigenvalue weighted by molar-refractivity contribution is 5.99. The molecule has 2 rings (SSSR count). The van der Waals surface area contributed by atoms with Crippen LogP contribution in [0.25, 0.3) is 0 Å². The Kier molecular flexibility index (Phi) is 4.88. The third kappa shape index (κ3) is 4.27. The molecule has 0 fully saturated rings. The van der Waals surface area contributed by atoms with E-state index in [2.05, 4.69) is 10.9 Å². The zero-order valence-electron chi connectivity index (χ0n) is 11.9. The molecule has 0 atom stereocenters. The SMILES string of the molecule is O=C(Cc1cccc(O)c1)NNC(=O)c1ccccc1[N+](=O)[O-]. The summed E-state index contributed by atoms with van der Waals surface area (Å²) in [6.07, 6.45) is -0.0639. The van der Waals surface area contributed by atoms with Gasteiger partial charge in [0, 0.05) is 6.07 Å². The van der Waals surface area contributed by atoms with Crippen molar-refractivity contribution >= 4 is 17.5 Å². The van der Waals surface area contributed by atoms with Crippen LogP contribution in [0.2, 0.25) is 0 Å². The Morgan fingerprint density at radius 1 is 1.09 bits per heavy atom. The Labute approximate surface area is 130 Å². The van der Waals surface area contributed by atoms with Crippen LogP contribution in [0.1, 0.15) is 15.9 Å². The first kappa shape index (κ1) is 16.0. The van der Waals surface area contributed by atoms with E-state index < -0.39 is 16.7 Å². The smallest absolute Gasteiger partial charge is 0.282 e. The normalized spacial score (nSPS) is 9.91. The molecule has 0 aliphatic carbocycles. The van der Waals surface area contributed by atoms with Crippen molar-refractivity contribution in [1.82, 2.24) is 10.9 Å². The average Bonchev–Trinajstić information content (AvgIpc) is 2.52. The minimum atomic E-state index is -0.790. The molecule has 0 spiro atoms. The lowest BCUT2D eigenvalue weighted by atomic mass is 10.1. The number of hydrogen-bond acceptors (Lipinski definition) is 5. The van der Waals surface area contributed by atoms with Gasteiger partial charge in [0.15, 0.2) is 0 Å². The van der Waals surface area contributed by atoms with Gasteiger partial charge in [-0.05, 0) is 23.8 Å². The van der Waals surface area contributed by atoms with Crippen LogP contribution in [0.4, 0.5) is 5.69 Å². The van der Waals surface area contributed by atoms with Gasteiger partial charge in [-0.1, -0.05) is 24.3 Å². The van der Waals surface area contributed by atoms with Gasteiger partial charge in [-0.25, -0.2) is 0 Å². The summed E-state index contributed by atoms with van der Waals surface area (Å²) in [5.41, 5.74) is 4.34.